The maximum atomic E-state index is 14.1. The van der Waals surface area contributed by atoms with Crippen molar-refractivity contribution in [1.29, 1.82) is 0 Å². The number of likely N-dealkylation sites (N-methyl/N-ethyl adjacent to an activating group) is 1. The second-order valence-corrected chi connectivity index (χ2v) is 8.79. The van der Waals surface area contributed by atoms with Gasteiger partial charge >= 0.3 is 5.97 Å². The van der Waals surface area contributed by atoms with Crippen LogP contribution in [0.5, 0.6) is 0 Å². The van der Waals surface area contributed by atoms with E-state index in [2.05, 4.69) is 9.88 Å². The molecule has 0 bridgehead atoms. The Balaban J connectivity index is 1.46. The monoisotopic (exact) mass is 457 g/mol. The number of hydrogen-bond donors (Lipinski definition) is 2. The van der Waals surface area contributed by atoms with E-state index in [-0.39, 0.29) is 6.04 Å². The maximum Gasteiger partial charge on any atom is 0.335 e. The van der Waals surface area contributed by atoms with Crippen LogP contribution in [0.4, 0.5) is 14.6 Å². The number of aromatic nitrogens is 2. The zero-order chi connectivity index (χ0) is 23.0. The molecule has 1 atom stereocenters. The fourth-order valence-corrected chi connectivity index (χ4v) is 4.73. The largest absolute Gasteiger partial charge is 0.478 e. The van der Waals surface area contributed by atoms with Gasteiger partial charge < -0.3 is 19.6 Å². The lowest BCUT2D eigenvalue weighted by molar-refractivity contribution is 0.0696. The molecule has 5 nitrogen and oxygen atoms in total. The van der Waals surface area contributed by atoms with Crippen LogP contribution in [0.2, 0.25) is 0 Å². The highest BCUT2D eigenvalue weighted by Gasteiger charge is 2.24. The van der Waals surface area contributed by atoms with Crippen molar-refractivity contribution >= 4 is 24.0 Å². The molecule has 0 radical (unpaired) electrons. The third kappa shape index (κ3) is 4.46. The second kappa shape index (κ2) is 8.86. The molecule has 1 heterocycles. The minimum Gasteiger partial charge on any atom is -0.478 e. The predicted octanol–water partition coefficient (Wildman–Crippen LogP) is 5.24. The highest BCUT2D eigenvalue weighted by Crippen LogP contribution is 2.32. The van der Waals surface area contributed by atoms with Crippen LogP contribution in [-0.2, 0) is 19.3 Å². The van der Waals surface area contributed by atoms with E-state index in [9.17, 15) is 18.7 Å². The molecule has 8 heteroatoms. The van der Waals surface area contributed by atoms with E-state index in [1.54, 1.807) is 13.0 Å². The SMILES string of the molecule is Cc1cc(CCN(C)c2cn(C3CCc4c(F)cc(F)cc4C3)c(=S)[nH]2)ccc1C(=O)O. The number of nitrogens with zero attached hydrogens (tertiary/aromatic N) is 2. The first-order chi connectivity index (χ1) is 15.2. The molecule has 0 saturated carbocycles. The molecule has 0 aliphatic heterocycles. The van der Waals surface area contributed by atoms with Crippen molar-refractivity contribution in [2.24, 2.45) is 0 Å². The number of fused-ring (bicyclic) bond motifs is 1. The van der Waals surface area contributed by atoms with E-state index in [0.717, 1.165) is 35.9 Å². The second-order valence-electron chi connectivity index (χ2n) is 8.40. The fraction of sp³-hybridized carbons (Fsp3) is 0.333. The lowest BCUT2D eigenvalue weighted by atomic mass is 9.87. The van der Waals surface area contributed by atoms with Gasteiger partial charge in [-0.3, -0.25) is 0 Å². The number of carboxylic acids is 1. The first-order valence-electron chi connectivity index (χ1n) is 10.5. The summed E-state index contributed by atoms with van der Waals surface area (Å²) in [4.78, 5) is 16.5. The van der Waals surface area contributed by atoms with Gasteiger partial charge in [-0.05, 0) is 79.2 Å². The van der Waals surface area contributed by atoms with Gasteiger partial charge in [0, 0.05) is 31.9 Å². The summed E-state index contributed by atoms with van der Waals surface area (Å²) in [6.45, 7) is 2.51. The quantitative estimate of drug-likeness (QED) is 0.497. The molecule has 0 saturated heterocycles. The first kappa shape index (κ1) is 22.2. The van der Waals surface area contributed by atoms with Gasteiger partial charge in [-0.2, -0.15) is 0 Å². The average molecular weight is 458 g/mol. The van der Waals surface area contributed by atoms with Crippen molar-refractivity contribution in [3.63, 3.8) is 0 Å². The summed E-state index contributed by atoms with van der Waals surface area (Å²) >= 11 is 5.53. The first-order valence-corrected chi connectivity index (χ1v) is 11.0. The van der Waals surface area contributed by atoms with Crippen LogP contribution in [0, 0.1) is 23.3 Å². The molecule has 0 spiro atoms. The Morgan fingerprint density at radius 1 is 1.31 bits per heavy atom. The highest BCUT2D eigenvalue weighted by molar-refractivity contribution is 7.71. The topological polar surface area (TPSA) is 61.3 Å². The third-order valence-corrected chi connectivity index (χ3v) is 6.54. The Morgan fingerprint density at radius 3 is 2.81 bits per heavy atom. The molecule has 2 N–H and O–H groups in total. The molecule has 0 fully saturated rings. The summed E-state index contributed by atoms with van der Waals surface area (Å²) in [5.41, 5.74) is 3.43. The highest BCUT2D eigenvalue weighted by atomic mass is 32.1. The van der Waals surface area contributed by atoms with E-state index < -0.39 is 17.6 Å². The van der Waals surface area contributed by atoms with Crippen LogP contribution in [0.3, 0.4) is 0 Å². The van der Waals surface area contributed by atoms with E-state index >= 15 is 0 Å². The number of H-pyrrole nitrogens is 1. The van der Waals surface area contributed by atoms with Crippen LogP contribution in [0.15, 0.2) is 36.5 Å². The van der Waals surface area contributed by atoms with Crippen LogP contribution < -0.4 is 4.90 Å². The number of aryl methyl sites for hydroxylation is 1. The molecule has 1 aliphatic rings. The number of imidazole rings is 1. The van der Waals surface area contributed by atoms with Crippen molar-refractivity contribution in [2.75, 3.05) is 18.5 Å². The zero-order valence-corrected chi connectivity index (χ0v) is 18.8. The fourth-order valence-electron chi connectivity index (χ4n) is 4.42. The van der Waals surface area contributed by atoms with Crippen molar-refractivity contribution in [3.05, 3.63) is 80.8 Å². The minimum absolute atomic E-state index is 0.0424. The lowest BCUT2D eigenvalue weighted by Crippen LogP contribution is -2.21. The number of carbonyl (C=O) groups is 1. The number of nitrogens with one attached hydrogen (secondary N) is 1. The Hall–Kier alpha value is -3.00. The molecule has 1 aliphatic carbocycles. The number of halogens is 2. The summed E-state index contributed by atoms with van der Waals surface area (Å²) in [7, 11) is 1.96. The molecule has 4 rings (SSSR count). The van der Waals surface area contributed by atoms with Crippen LogP contribution in [0.1, 0.15) is 45.1 Å². The maximum absolute atomic E-state index is 14.1. The van der Waals surface area contributed by atoms with Gasteiger partial charge in [0.2, 0.25) is 0 Å². The summed E-state index contributed by atoms with van der Waals surface area (Å²) in [5, 5.41) is 9.18. The van der Waals surface area contributed by atoms with E-state index in [0.29, 0.717) is 40.8 Å². The molecule has 0 amide bonds. The lowest BCUT2D eigenvalue weighted by Gasteiger charge is -2.26. The van der Waals surface area contributed by atoms with Gasteiger partial charge in [0.05, 0.1) is 5.56 Å². The van der Waals surface area contributed by atoms with Gasteiger partial charge in [-0.25, -0.2) is 13.6 Å². The van der Waals surface area contributed by atoms with Crippen LogP contribution in [0.25, 0.3) is 0 Å². The Morgan fingerprint density at radius 2 is 2.09 bits per heavy atom. The van der Waals surface area contributed by atoms with Gasteiger partial charge in [0.15, 0.2) is 4.77 Å². The molecule has 32 heavy (non-hydrogen) atoms. The van der Waals surface area contributed by atoms with E-state index in [4.69, 9.17) is 12.2 Å². The van der Waals surface area contributed by atoms with Gasteiger partial charge in [0.1, 0.15) is 17.5 Å². The smallest absolute Gasteiger partial charge is 0.335 e. The summed E-state index contributed by atoms with van der Waals surface area (Å²) in [5.74, 6) is -1.07. The predicted molar refractivity (Wildman–Crippen MR) is 122 cm³/mol. The van der Waals surface area contributed by atoms with E-state index in [1.807, 2.05) is 29.9 Å². The molecule has 168 valence electrons. The molecular weight excluding hydrogens is 432 g/mol. The van der Waals surface area contributed by atoms with E-state index in [1.165, 1.54) is 6.07 Å². The molecular formula is C24H25F2N3O2S. The molecule has 1 aromatic heterocycles. The number of rotatable bonds is 6. The average Bonchev–Trinajstić information content (AvgIpc) is 3.13. The van der Waals surface area contributed by atoms with Crippen molar-refractivity contribution in [3.8, 4) is 0 Å². The number of hydrogen-bond acceptors (Lipinski definition) is 3. The van der Waals surface area contributed by atoms with Crippen LogP contribution >= 0.6 is 12.2 Å². The summed E-state index contributed by atoms with van der Waals surface area (Å²) in [6, 6.07) is 7.80. The summed E-state index contributed by atoms with van der Waals surface area (Å²) < 4.78 is 30.3. The zero-order valence-electron chi connectivity index (χ0n) is 18.0. The Labute approximate surface area is 190 Å². The molecule has 1 unspecified atom stereocenters. The normalized spacial score (nSPS) is 15.4. The Bertz CT molecular complexity index is 1230. The number of carboxylic acid groups (broad SMARTS) is 1. The number of anilines is 1. The Kier molecular flexibility index (Phi) is 6.15. The number of aromatic carboxylic acids is 1. The van der Waals surface area contributed by atoms with Gasteiger partial charge in [-0.1, -0.05) is 12.1 Å². The standard InChI is InChI=1S/C24H25F2N3O2S/c1-14-9-15(3-5-19(14)23(30)31)7-8-28(2)22-13-29(24(32)27-22)18-4-6-20-16(11-18)10-17(25)12-21(20)26/h3,5,9-10,12-13,18H,4,6-8,11H2,1-2H3,(H,27,32)(H,30,31). The number of aromatic amines is 1. The van der Waals surface area contributed by atoms with Gasteiger partial charge in [-0.15, -0.1) is 0 Å². The van der Waals surface area contributed by atoms with Crippen LogP contribution in [-0.4, -0.2) is 34.2 Å². The minimum atomic E-state index is -0.920. The molecule has 2 aromatic carbocycles. The summed E-state index contributed by atoms with van der Waals surface area (Å²) in [6.07, 6.45) is 4.54. The van der Waals surface area contributed by atoms with Crippen molar-refractivity contribution in [2.45, 2.75) is 38.6 Å². The molecule has 3 aromatic rings. The third-order valence-electron chi connectivity index (χ3n) is 6.23. The van der Waals surface area contributed by atoms with Gasteiger partial charge in [0.25, 0.3) is 0 Å². The van der Waals surface area contributed by atoms with Crippen molar-refractivity contribution in [1.82, 2.24) is 9.55 Å². The number of benzene rings is 2. The van der Waals surface area contributed by atoms with Crippen molar-refractivity contribution < 1.29 is 18.7 Å².